The molecule has 1 heterocycles. The van der Waals surface area contributed by atoms with Crippen LogP contribution in [0.5, 0.6) is 0 Å². The van der Waals surface area contributed by atoms with Crippen molar-refractivity contribution in [3.05, 3.63) is 203 Å². The number of aromatic nitrogens is 1. The molecule has 7 rings (SSSR count). The fraction of sp³-hybridized carbons (Fsp3) is 0.208. The van der Waals surface area contributed by atoms with Crippen LogP contribution in [0.25, 0.3) is 33.4 Å². The van der Waals surface area contributed by atoms with Crippen LogP contribution in [0.3, 0.4) is 0 Å². The van der Waals surface area contributed by atoms with Gasteiger partial charge in [-0.25, -0.2) is 4.99 Å². The number of allylic oxidation sites excluding steroid dienone is 9. The molecule has 57 heavy (non-hydrogen) atoms. The molecule has 0 spiro atoms. The minimum absolute atomic E-state index is 0.000763. The van der Waals surface area contributed by atoms with Gasteiger partial charge in [0.25, 0.3) is 0 Å². The van der Waals surface area contributed by atoms with Gasteiger partial charge >= 0.3 is 0 Å². The molecule has 1 atom stereocenters. The zero-order valence-corrected chi connectivity index (χ0v) is 34.5. The lowest BCUT2D eigenvalue weighted by Gasteiger charge is -2.25. The van der Waals surface area contributed by atoms with E-state index in [2.05, 4.69) is 173 Å². The molecule has 0 saturated heterocycles. The van der Waals surface area contributed by atoms with Gasteiger partial charge in [0.1, 0.15) is 5.84 Å². The van der Waals surface area contributed by atoms with Crippen molar-refractivity contribution in [2.75, 3.05) is 0 Å². The van der Waals surface area contributed by atoms with Gasteiger partial charge in [0, 0.05) is 28.7 Å². The quantitative estimate of drug-likeness (QED) is 0.0816. The van der Waals surface area contributed by atoms with E-state index >= 15 is 0 Å². The lowest BCUT2D eigenvalue weighted by atomic mass is 9.78. The number of fused-ring (bicyclic) bond motifs is 4. The van der Waals surface area contributed by atoms with Crippen LogP contribution in [0.15, 0.2) is 168 Å². The third kappa shape index (κ3) is 7.52. The Bertz CT molecular complexity index is 2580. The van der Waals surface area contributed by atoms with Gasteiger partial charge in [0.05, 0.1) is 23.1 Å². The van der Waals surface area contributed by atoms with Crippen LogP contribution in [-0.2, 0) is 5.41 Å². The number of aliphatic imine (C=N–C) groups is 2. The maximum Gasteiger partial charge on any atom is 0.127 e. The van der Waals surface area contributed by atoms with Gasteiger partial charge in [0.15, 0.2) is 0 Å². The van der Waals surface area contributed by atoms with E-state index in [1.165, 1.54) is 44.3 Å². The number of nitrogens with one attached hydrogen (secondary N) is 1. The van der Waals surface area contributed by atoms with Gasteiger partial charge < -0.3 is 9.88 Å². The first-order valence-corrected chi connectivity index (χ1v) is 20.1. The molecule has 0 amide bonds. The van der Waals surface area contributed by atoms with Crippen molar-refractivity contribution in [1.82, 2.24) is 9.88 Å². The number of amidine groups is 1. The summed E-state index contributed by atoms with van der Waals surface area (Å²) in [6.45, 7) is 23.9. The second kappa shape index (κ2) is 16.5. The number of hydrogen-bond acceptors (Lipinski definition) is 2. The first-order chi connectivity index (χ1) is 27.5. The Labute approximate surface area is 339 Å². The Morgan fingerprint density at radius 3 is 2.42 bits per heavy atom. The molecule has 0 bridgehead atoms. The molecule has 286 valence electrons. The van der Waals surface area contributed by atoms with E-state index in [1.54, 1.807) is 6.20 Å². The van der Waals surface area contributed by atoms with Gasteiger partial charge in [-0.15, -0.1) is 0 Å². The van der Waals surface area contributed by atoms with Crippen molar-refractivity contribution in [2.45, 2.75) is 72.8 Å². The third-order valence-corrected chi connectivity index (χ3v) is 11.6. The third-order valence-electron chi connectivity index (χ3n) is 11.6. The zero-order chi connectivity index (χ0) is 40.3. The number of rotatable bonds is 11. The summed E-state index contributed by atoms with van der Waals surface area (Å²) < 4.78 is 2.38. The van der Waals surface area contributed by atoms with E-state index in [9.17, 15) is 0 Å². The van der Waals surface area contributed by atoms with Crippen molar-refractivity contribution in [1.29, 1.82) is 0 Å². The summed E-state index contributed by atoms with van der Waals surface area (Å²) in [5, 5.41) is 5.06. The Hall–Kier alpha value is -6.26. The van der Waals surface area contributed by atoms with E-state index in [0.29, 0.717) is 5.70 Å². The van der Waals surface area contributed by atoms with Crippen molar-refractivity contribution in [3.63, 3.8) is 0 Å². The molecule has 2 aliphatic rings. The summed E-state index contributed by atoms with van der Waals surface area (Å²) in [6.07, 6.45) is 19.0. The molecular formula is C53H54N4. The Kier molecular flexibility index (Phi) is 11.3. The minimum Gasteiger partial charge on any atom is -0.364 e. The summed E-state index contributed by atoms with van der Waals surface area (Å²) in [5.41, 5.74) is 17.5. The maximum absolute atomic E-state index is 5.17. The second-order valence-corrected chi connectivity index (χ2v) is 15.7. The fourth-order valence-electron chi connectivity index (χ4n) is 8.61. The molecule has 4 heteroatoms. The lowest BCUT2D eigenvalue weighted by Crippen LogP contribution is -2.25. The molecule has 4 nitrogen and oxygen atoms in total. The van der Waals surface area contributed by atoms with Gasteiger partial charge in [-0.2, -0.15) is 0 Å². The standard InChI is InChI=1S/C53H54N4/c1-10-12-21-35(3)46(33-50(55-38(6)40-22-15-13-16-23-40)56-39(7)41-24-17-14-18-25-41)45-32-42(29-28-36(45)4)57-48-31-30-44-43-26-19-20-27-47(43)53(8,9)52(44)51(48)37(5)49(57)34-54-11-2/h10-18,20-25,27-34,39H,2,6,19,26H2,1,3-5,7-9H3,(H,55,56)/b12-10-,35-21-,46-33?,54-34?. The van der Waals surface area contributed by atoms with Crippen molar-refractivity contribution >= 4 is 39.8 Å². The number of hydrogen-bond donors (Lipinski definition) is 1. The Morgan fingerprint density at radius 1 is 0.965 bits per heavy atom. The maximum atomic E-state index is 5.17. The molecule has 1 N–H and O–H groups in total. The average Bonchev–Trinajstić information content (AvgIpc) is 3.64. The van der Waals surface area contributed by atoms with Gasteiger partial charge in [-0.05, 0) is 133 Å². The fourth-order valence-corrected chi connectivity index (χ4v) is 8.61. The van der Waals surface area contributed by atoms with Gasteiger partial charge in [-0.1, -0.05) is 130 Å². The predicted octanol–water partition coefficient (Wildman–Crippen LogP) is 13.5. The molecule has 1 unspecified atom stereocenters. The smallest absolute Gasteiger partial charge is 0.127 e. The molecule has 1 aromatic heterocycles. The highest BCUT2D eigenvalue weighted by Crippen LogP contribution is 2.53. The molecule has 0 fully saturated rings. The van der Waals surface area contributed by atoms with Crippen molar-refractivity contribution in [2.24, 2.45) is 9.98 Å². The van der Waals surface area contributed by atoms with Gasteiger partial charge in [-0.3, -0.25) is 4.99 Å². The molecule has 0 aliphatic heterocycles. The summed E-state index contributed by atoms with van der Waals surface area (Å²) in [4.78, 5) is 9.77. The highest BCUT2D eigenvalue weighted by molar-refractivity contribution is 6.06. The van der Waals surface area contributed by atoms with Gasteiger partial charge in [0.2, 0.25) is 0 Å². The highest BCUT2D eigenvalue weighted by atomic mass is 15.0. The van der Waals surface area contributed by atoms with E-state index in [-0.39, 0.29) is 11.5 Å². The zero-order valence-electron chi connectivity index (χ0n) is 34.5. The monoisotopic (exact) mass is 746 g/mol. The van der Waals surface area contributed by atoms with Crippen molar-refractivity contribution in [3.8, 4) is 5.69 Å². The predicted molar refractivity (Wildman–Crippen MR) is 246 cm³/mol. The number of aryl methyl sites for hydroxylation is 2. The average molecular weight is 747 g/mol. The van der Waals surface area contributed by atoms with Crippen LogP contribution in [0.1, 0.15) is 98.1 Å². The van der Waals surface area contributed by atoms with Crippen LogP contribution >= 0.6 is 0 Å². The SMILES string of the molecule is C=CN=Cc1c(C)c2c3c(ccc2n1-c1ccc(C)c(C(=CC(=NC(=C)c2ccccc2)NC(C)c2ccccc2)/C(C)=C\C=C/C)c1)C1=C(C=CCC1)C3(C)C. The molecule has 0 saturated carbocycles. The minimum atomic E-state index is -0.114. The molecule has 5 aromatic rings. The molecular weight excluding hydrogens is 693 g/mol. The number of benzene rings is 4. The molecule has 0 radical (unpaired) electrons. The normalized spacial score (nSPS) is 16.1. The topological polar surface area (TPSA) is 41.7 Å². The summed E-state index contributed by atoms with van der Waals surface area (Å²) >= 11 is 0. The van der Waals surface area contributed by atoms with Crippen LogP contribution in [0.4, 0.5) is 0 Å². The van der Waals surface area contributed by atoms with E-state index < -0.39 is 0 Å². The lowest BCUT2D eigenvalue weighted by molar-refractivity contribution is 0.657. The van der Waals surface area contributed by atoms with Crippen LogP contribution in [0.2, 0.25) is 0 Å². The Balaban J connectivity index is 1.44. The number of nitrogens with zero attached hydrogens (tertiary/aromatic N) is 3. The second-order valence-electron chi connectivity index (χ2n) is 15.7. The van der Waals surface area contributed by atoms with E-state index in [0.717, 1.165) is 57.9 Å². The first-order valence-electron chi connectivity index (χ1n) is 20.1. The largest absolute Gasteiger partial charge is 0.364 e. The highest BCUT2D eigenvalue weighted by Gasteiger charge is 2.39. The summed E-state index contributed by atoms with van der Waals surface area (Å²) in [6, 6.07) is 32.1. The van der Waals surface area contributed by atoms with Crippen LogP contribution in [-0.4, -0.2) is 16.6 Å². The van der Waals surface area contributed by atoms with Crippen molar-refractivity contribution < 1.29 is 0 Å². The summed E-state index contributed by atoms with van der Waals surface area (Å²) in [5.74, 6) is 0.734. The van der Waals surface area contributed by atoms with E-state index in [4.69, 9.17) is 4.99 Å². The summed E-state index contributed by atoms with van der Waals surface area (Å²) in [7, 11) is 0. The molecule has 4 aromatic carbocycles. The van der Waals surface area contributed by atoms with E-state index in [1.807, 2.05) is 37.4 Å². The van der Waals surface area contributed by atoms with Crippen LogP contribution in [0, 0.1) is 13.8 Å². The first kappa shape index (κ1) is 39.0. The molecule has 2 aliphatic carbocycles. The Morgan fingerprint density at radius 2 is 1.70 bits per heavy atom. The van der Waals surface area contributed by atoms with Crippen LogP contribution < -0.4 is 5.32 Å².